The van der Waals surface area contributed by atoms with Gasteiger partial charge >= 0.3 is 5.97 Å². The molecule has 0 saturated carbocycles. The number of hydrogen-bond donors (Lipinski definition) is 7. The molecule has 0 amide bonds. The largest absolute Gasteiger partial charge is 0.462 e. The van der Waals surface area contributed by atoms with Crippen molar-refractivity contribution in [2.45, 2.75) is 94.0 Å². The van der Waals surface area contributed by atoms with Crippen LogP contribution in [0.4, 0.5) is 0 Å². The third-order valence-electron chi connectivity index (χ3n) is 5.86. The van der Waals surface area contributed by atoms with Crippen LogP contribution in [0.25, 0.3) is 0 Å². The Labute approximate surface area is 203 Å². The highest BCUT2D eigenvalue weighted by Crippen LogP contribution is 2.29. The maximum atomic E-state index is 11.3. The molecular weight excluding hydrogens is 472 g/mol. The number of carbonyl (C=O) groups excluding carboxylic acids is 1. The molecule has 0 aromatic carbocycles. The molecule has 0 unspecified atom stereocenters. The van der Waals surface area contributed by atoms with Crippen molar-refractivity contribution in [1.82, 2.24) is 0 Å². The second-order valence-electron chi connectivity index (χ2n) is 8.71. The monoisotopic (exact) mass is 510 g/mol. The number of ether oxygens (including phenoxy) is 5. The number of esters is 1. The molecule has 0 radical (unpaired) electrons. The zero-order valence-corrected chi connectivity index (χ0v) is 19.7. The molecule has 0 aromatic rings. The predicted octanol–water partition coefficient (Wildman–Crippen LogP) is -2.69. The number of rotatable bonds is 13. The third-order valence-corrected chi connectivity index (χ3v) is 5.86. The first-order valence-corrected chi connectivity index (χ1v) is 11.6. The zero-order valence-electron chi connectivity index (χ0n) is 19.7. The summed E-state index contributed by atoms with van der Waals surface area (Å²) in [5, 5.41) is 69.9. The van der Waals surface area contributed by atoms with Crippen LogP contribution in [0.1, 0.15) is 32.6 Å². The number of unbranched alkanes of at least 4 members (excludes halogenated alkanes) is 3. The van der Waals surface area contributed by atoms with Gasteiger partial charge < -0.3 is 59.4 Å². The van der Waals surface area contributed by atoms with E-state index in [0.717, 1.165) is 12.8 Å². The van der Waals surface area contributed by atoms with E-state index in [1.54, 1.807) is 6.92 Å². The summed E-state index contributed by atoms with van der Waals surface area (Å²) in [6, 6.07) is 0. The van der Waals surface area contributed by atoms with Gasteiger partial charge in [-0.2, -0.15) is 0 Å². The molecule has 2 aliphatic rings. The van der Waals surface area contributed by atoms with Gasteiger partial charge in [0.05, 0.1) is 19.8 Å². The first kappa shape index (κ1) is 30.0. The van der Waals surface area contributed by atoms with E-state index in [1.807, 2.05) is 0 Å². The molecule has 13 nitrogen and oxygen atoms in total. The van der Waals surface area contributed by atoms with Crippen LogP contribution in [0.3, 0.4) is 0 Å². The van der Waals surface area contributed by atoms with Gasteiger partial charge in [-0.25, -0.2) is 4.79 Å². The van der Waals surface area contributed by atoms with Crippen LogP contribution in [-0.4, -0.2) is 130 Å². The lowest BCUT2D eigenvalue weighted by atomic mass is 9.97. The number of aliphatic hydroxyl groups excluding tert-OH is 7. The summed E-state index contributed by atoms with van der Waals surface area (Å²) in [6.45, 7) is 4.25. The summed E-state index contributed by atoms with van der Waals surface area (Å²) in [5.74, 6) is -0.428. The van der Waals surface area contributed by atoms with E-state index in [2.05, 4.69) is 6.58 Å². The second-order valence-corrected chi connectivity index (χ2v) is 8.71. The van der Waals surface area contributed by atoms with Gasteiger partial charge in [0.15, 0.2) is 12.6 Å². The molecule has 2 aliphatic heterocycles. The molecule has 7 N–H and O–H groups in total. The first-order chi connectivity index (χ1) is 16.6. The Kier molecular flexibility index (Phi) is 12.4. The van der Waals surface area contributed by atoms with Gasteiger partial charge in [0.2, 0.25) is 0 Å². The standard InChI is InChI=1S/C22H38O13/c1-11(2)20(30)31-7-5-3-4-6-8-32-21-18(29)16(27)19(13(10-24)34-21)35-22-17(28)15(26)14(25)12(9-23)33-22/h12-19,21-29H,1,3-10H2,2H3/t12-,13-,14-,15+,16-,17-,18-,19-,21-,22+/m1/s1. The van der Waals surface area contributed by atoms with Crippen molar-refractivity contribution >= 4 is 5.97 Å². The minimum absolute atomic E-state index is 0.191. The summed E-state index contributed by atoms with van der Waals surface area (Å²) in [7, 11) is 0. The Morgan fingerprint density at radius 1 is 0.771 bits per heavy atom. The lowest BCUT2D eigenvalue weighted by Gasteiger charge is -2.45. The number of aliphatic hydroxyl groups is 7. The van der Waals surface area contributed by atoms with Crippen LogP contribution in [0.2, 0.25) is 0 Å². The lowest BCUT2D eigenvalue weighted by Crippen LogP contribution is -2.64. The van der Waals surface area contributed by atoms with E-state index in [1.165, 1.54) is 0 Å². The molecule has 2 saturated heterocycles. The van der Waals surface area contributed by atoms with Crippen LogP contribution in [0.15, 0.2) is 12.2 Å². The molecule has 2 heterocycles. The molecular formula is C22H38O13. The van der Waals surface area contributed by atoms with Gasteiger partial charge in [0.1, 0.15) is 48.8 Å². The van der Waals surface area contributed by atoms with Gasteiger partial charge in [-0.3, -0.25) is 0 Å². The molecule has 204 valence electrons. The summed E-state index contributed by atoms with van der Waals surface area (Å²) in [6.07, 6.45) is -12.0. The minimum atomic E-state index is -1.73. The average molecular weight is 511 g/mol. The van der Waals surface area contributed by atoms with Gasteiger partial charge in [0, 0.05) is 12.2 Å². The fourth-order valence-electron chi connectivity index (χ4n) is 3.74. The van der Waals surface area contributed by atoms with E-state index < -0.39 is 80.6 Å². The van der Waals surface area contributed by atoms with Crippen LogP contribution in [0, 0.1) is 0 Å². The van der Waals surface area contributed by atoms with E-state index in [4.69, 9.17) is 23.7 Å². The van der Waals surface area contributed by atoms with Crippen molar-refractivity contribution in [2.75, 3.05) is 26.4 Å². The Morgan fingerprint density at radius 3 is 1.94 bits per heavy atom. The molecule has 10 atom stereocenters. The predicted molar refractivity (Wildman–Crippen MR) is 117 cm³/mol. The summed E-state index contributed by atoms with van der Waals surface area (Å²) < 4.78 is 26.8. The lowest BCUT2D eigenvalue weighted by molar-refractivity contribution is -0.359. The number of carbonyl (C=O) groups is 1. The Bertz CT molecular complexity index is 657. The fourth-order valence-corrected chi connectivity index (χ4v) is 3.74. The summed E-state index contributed by atoms with van der Waals surface area (Å²) >= 11 is 0. The maximum absolute atomic E-state index is 11.3. The first-order valence-electron chi connectivity index (χ1n) is 11.6. The molecule has 0 spiro atoms. The number of hydrogen-bond acceptors (Lipinski definition) is 13. The van der Waals surface area contributed by atoms with Crippen LogP contribution >= 0.6 is 0 Å². The highest BCUT2D eigenvalue weighted by Gasteiger charge is 2.50. The van der Waals surface area contributed by atoms with Crippen molar-refractivity contribution in [3.63, 3.8) is 0 Å². The molecule has 2 fully saturated rings. The quantitative estimate of drug-likeness (QED) is 0.0767. The fraction of sp³-hybridized carbons (Fsp3) is 0.864. The molecule has 13 heteroatoms. The normalized spacial score (nSPS) is 37.7. The highest BCUT2D eigenvalue weighted by atomic mass is 16.7. The van der Waals surface area contributed by atoms with Crippen molar-refractivity contribution in [3.8, 4) is 0 Å². The highest BCUT2D eigenvalue weighted by molar-refractivity contribution is 5.86. The van der Waals surface area contributed by atoms with Gasteiger partial charge in [-0.1, -0.05) is 13.0 Å². The Balaban J connectivity index is 1.79. The van der Waals surface area contributed by atoms with Crippen LogP contribution < -0.4 is 0 Å². The zero-order chi connectivity index (χ0) is 26.1. The van der Waals surface area contributed by atoms with E-state index >= 15 is 0 Å². The van der Waals surface area contributed by atoms with E-state index in [-0.39, 0.29) is 13.2 Å². The van der Waals surface area contributed by atoms with E-state index in [9.17, 15) is 40.5 Å². The molecule has 35 heavy (non-hydrogen) atoms. The SMILES string of the molecule is C=C(C)C(=O)OCCCCCCO[C@@H]1O[C@H](CO)[C@@H](O[C@@H]2O[C@H](CO)[C@@H](O)[C@H](O)[C@H]2O)[C@H](O)[C@H]1O. The van der Waals surface area contributed by atoms with Gasteiger partial charge in [-0.15, -0.1) is 0 Å². The van der Waals surface area contributed by atoms with Gasteiger partial charge in [-0.05, 0) is 26.2 Å². The topological polar surface area (TPSA) is 205 Å². The van der Waals surface area contributed by atoms with Crippen molar-refractivity contribution in [3.05, 3.63) is 12.2 Å². The summed E-state index contributed by atoms with van der Waals surface area (Å²) in [5.41, 5.74) is 0.341. The molecule has 2 rings (SSSR count). The Hall–Kier alpha value is -1.23. The minimum Gasteiger partial charge on any atom is -0.462 e. The molecule has 0 bridgehead atoms. The average Bonchev–Trinajstić information content (AvgIpc) is 2.84. The summed E-state index contributed by atoms with van der Waals surface area (Å²) in [4.78, 5) is 11.3. The van der Waals surface area contributed by atoms with Crippen LogP contribution in [-0.2, 0) is 28.5 Å². The maximum Gasteiger partial charge on any atom is 0.333 e. The van der Waals surface area contributed by atoms with Crippen molar-refractivity contribution < 1.29 is 64.2 Å². The van der Waals surface area contributed by atoms with Crippen molar-refractivity contribution in [2.24, 2.45) is 0 Å². The van der Waals surface area contributed by atoms with Crippen molar-refractivity contribution in [1.29, 1.82) is 0 Å². The third kappa shape index (κ3) is 8.13. The Morgan fingerprint density at radius 2 is 1.34 bits per heavy atom. The second kappa shape index (κ2) is 14.5. The van der Waals surface area contributed by atoms with Crippen LogP contribution in [0.5, 0.6) is 0 Å². The van der Waals surface area contributed by atoms with Gasteiger partial charge in [0.25, 0.3) is 0 Å². The molecule has 0 aromatic heterocycles. The molecule has 0 aliphatic carbocycles. The van der Waals surface area contributed by atoms with E-state index in [0.29, 0.717) is 18.4 Å². The smallest absolute Gasteiger partial charge is 0.333 e.